The molecule has 0 radical (unpaired) electrons. The molecule has 0 N–H and O–H groups in total. The maximum atomic E-state index is 2.60. The van der Waals surface area contributed by atoms with E-state index in [1.54, 1.807) is 11.1 Å². The third-order valence-corrected chi connectivity index (χ3v) is 5.04. The van der Waals surface area contributed by atoms with Crippen molar-refractivity contribution in [2.24, 2.45) is 0 Å². The highest BCUT2D eigenvalue weighted by atomic mass is 15.1. The van der Waals surface area contributed by atoms with Crippen LogP contribution in [0.3, 0.4) is 0 Å². The van der Waals surface area contributed by atoms with Gasteiger partial charge in [0.05, 0.1) is 0 Å². The van der Waals surface area contributed by atoms with E-state index in [9.17, 15) is 0 Å². The molecule has 2 aliphatic rings. The highest BCUT2D eigenvalue weighted by molar-refractivity contribution is 5.44. The lowest BCUT2D eigenvalue weighted by molar-refractivity contribution is 0.259. The molecule has 0 amide bonds. The zero-order valence-electron chi connectivity index (χ0n) is 13.3. The molecule has 0 unspecified atom stereocenters. The van der Waals surface area contributed by atoms with E-state index in [0.29, 0.717) is 5.92 Å². The van der Waals surface area contributed by atoms with Crippen molar-refractivity contribution in [2.75, 3.05) is 6.54 Å². The first-order valence-electron chi connectivity index (χ1n) is 8.35. The van der Waals surface area contributed by atoms with Gasteiger partial charge in [-0.1, -0.05) is 60.2 Å². The molecule has 1 aliphatic carbocycles. The van der Waals surface area contributed by atoms with Crippen LogP contribution in [0.4, 0.5) is 0 Å². The van der Waals surface area contributed by atoms with E-state index in [2.05, 4.69) is 66.4 Å². The van der Waals surface area contributed by atoms with Gasteiger partial charge in [-0.05, 0) is 48.6 Å². The minimum atomic E-state index is 0.628. The Bertz CT molecular complexity index is 696. The van der Waals surface area contributed by atoms with Crippen LogP contribution in [-0.2, 0) is 19.5 Å². The fourth-order valence-electron chi connectivity index (χ4n) is 3.88. The summed E-state index contributed by atoms with van der Waals surface area (Å²) in [5.41, 5.74) is 7.47. The van der Waals surface area contributed by atoms with Crippen LogP contribution in [0, 0.1) is 6.92 Å². The highest BCUT2D eigenvalue weighted by Gasteiger charge is 2.24. The average Bonchev–Trinajstić information content (AvgIpc) is 2.72. The Morgan fingerprint density at radius 1 is 1.05 bits per heavy atom. The molecule has 0 saturated carbocycles. The molecule has 1 atom stereocenters. The summed E-state index contributed by atoms with van der Waals surface area (Å²) in [5, 5.41) is 0. The first-order chi connectivity index (χ1) is 10.8. The van der Waals surface area contributed by atoms with E-state index in [4.69, 9.17) is 0 Å². The van der Waals surface area contributed by atoms with Crippen LogP contribution in [0.1, 0.15) is 40.2 Å². The molecule has 112 valence electrons. The molecule has 1 heteroatoms. The number of aryl methyl sites for hydroxylation is 1. The summed E-state index contributed by atoms with van der Waals surface area (Å²) in [6.45, 7) is 5.47. The molecular formula is C21H23N. The third-order valence-electron chi connectivity index (χ3n) is 5.04. The third kappa shape index (κ3) is 2.62. The number of benzene rings is 2. The molecule has 0 spiro atoms. The fraction of sp³-hybridized carbons (Fsp3) is 0.333. The standard InChI is InChI=1S/C21H23N/c1-16-8-10-17(11-9-16)14-22-13-12-19-6-2-4-18-5-3-7-20(15-22)21(18)19/h2-3,5-11,19H,4,12-15H2,1H3/t19-/m1/s1. The molecule has 22 heavy (non-hydrogen) atoms. The maximum absolute atomic E-state index is 2.60. The molecule has 2 aromatic carbocycles. The van der Waals surface area contributed by atoms with Crippen LogP contribution in [-0.4, -0.2) is 11.4 Å². The van der Waals surface area contributed by atoms with Crippen molar-refractivity contribution in [1.82, 2.24) is 4.90 Å². The van der Waals surface area contributed by atoms with Crippen molar-refractivity contribution < 1.29 is 0 Å². The molecule has 4 rings (SSSR count). The van der Waals surface area contributed by atoms with Crippen LogP contribution < -0.4 is 0 Å². The maximum Gasteiger partial charge on any atom is 0.0240 e. The minimum absolute atomic E-state index is 0.628. The zero-order chi connectivity index (χ0) is 14.9. The topological polar surface area (TPSA) is 3.24 Å². The SMILES string of the molecule is Cc1ccc(CN2CC[C@H]3C=CCc4cccc(c43)C2)cc1. The van der Waals surface area contributed by atoms with E-state index >= 15 is 0 Å². The van der Waals surface area contributed by atoms with Gasteiger partial charge in [-0.3, -0.25) is 4.90 Å². The number of hydrogen-bond donors (Lipinski definition) is 0. The van der Waals surface area contributed by atoms with E-state index in [0.717, 1.165) is 19.5 Å². The summed E-state index contributed by atoms with van der Waals surface area (Å²) in [6.07, 6.45) is 7.14. The van der Waals surface area contributed by atoms with Gasteiger partial charge in [0, 0.05) is 19.0 Å². The van der Waals surface area contributed by atoms with Gasteiger partial charge in [0.1, 0.15) is 0 Å². The molecule has 0 aromatic heterocycles. The molecule has 0 bridgehead atoms. The Balaban J connectivity index is 1.60. The van der Waals surface area contributed by atoms with Gasteiger partial charge >= 0.3 is 0 Å². The van der Waals surface area contributed by atoms with Crippen LogP contribution in [0.2, 0.25) is 0 Å². The van der Waals surface area contributed by atoms with Crippen LogP contribution in [0.25, 0.3) is 0 Å². The van der Waals surface area contributed by atoms with Crippen LogP contribution >= 0.6 is 0 Å². The summed E-state index contributed by atoms with van der Waals surface area (Å²) in [5.74, 6) is 0.628. The molecule has 1 heterocycles. The summed E-state index contributed by atoms with van der Waals surface area (Å²) >= 11 is 0. The molecule has 0 saturated heterocycles. The zero-order valence-corrected chi connectivity index (χ0v) is 13.3. The first-order valence-corrected chi connectivity index (χ1v) is 8.35. The summed E-state index contributed by atoms with van der Waals surface area (Å²) in [7, 11) is 0. The Labute approximate surface area is 133 Å². The molecule has 2 aromatic rings. The quantitative estimate of drug-likeness (QED) is 0.731. The molecular weight excluding hydrogens is 266 g/mol. The van der Waals surface area contributed by atoms with E-state index in [-0.39, 0.29) is 0 Å². The lowest BCUT2D eigenvalue weighted by Gasteiger charge is -2.21. The van der Waals surface area contributed by atoms with Crippen molar-refractivity contribution in [3.8, 4) is 0 Å². The molecule has 1 nitrogen and oxygen atoms in total. The van der Waals surface area contributed by atoms with Crippen molar-refractivity contribution in [3.63, 3.8) is 0 Å². The fourth-order valence-corrected chi connectivity index (χ4v) is 3.88. The second-order valence-electron chi connectivity index (χ2n) is 6.71. The number of rotatable bonds is 2. The Kier molecular flexibility index (Phi) is 3.59. The van der Waals surface area contributed by atoms with E-state index < -0.39 is 0 Å². The van der Waals surface area contributed by atoms with Gasteiger partial charge in [0.15, 0.2) is 0 Å². The lowest BCUT2D eigenvalue weighted by Crippen LogP contribution is -2.22. The summed E-state index contributed by atoms with van der Waals surface area (Å²) < 4.78 is 0. The van der Waals surface area contributed by atoms with E-state index in [1.165, 1.54) is 29.7 Å². The van der Waals surface area contributed by atoms with Crippen LogP contribution in [0.15, 0.2) is 54.6 Å². The lowest BCUT2D eigenvalue weighted by atomic mass is 9.83. The second kappa shape index (κ2) is 5.73. The van der Waals surface area contributed by atoms with Gasteiger partial charge in [-0.15, -0.1) is 0 Å². The van der Waals surface area contributed by atoms with Crippen molar-refractivity contribution in [1.29, 1.82) is 0 Å². The van der Waals surface area contributed by atoms with Crippen molar-refractivity contribution in [3.05, 3.63) is 82.4 Å². The summed E-state index contributed by atoms with van der Waals surface area (Å²) in [6, 6.07) is 15.9. The number of allylic oxidation sites excluding steroid dienone is 2. The average molecular weight is 289 g/mol. The predicted octanol–water partition coefficient (Wildman–Crippen LogP) is 4.60. The number of nitrogens with zero attached hydrogens (tertiary/aromatic N) is 1. The monoisotopic (exact) mass is 289 g/mol. The van der Waals surface area contributed by atoms with Gasteiger partial charge in [0.25, 0.3) is 0 Å². The summed E-state index contributed by atoms with van der Waals surface area (Å²) in [4.78, 5) is 2.60. The van der Waals surface area contributed by atoms with Crippen molar-refractivity contribution >= 4 is 0 Å². The first kappa shape index (κ1) is 13.8. The van der Waals surface area contributed by atoms with Gasteiger partial charge in [-0.25, -0.2) is 0 Å². The minimum Gasteiger partial charge on any atom is -0.295 e. The van der Waals surface area contributed by atoms with Crippen molar-refractivity contribution in [2.45, 2.75) is 38.8 Å². The Morgan fingerprint density at radius 2 is 1.86 bits per heavy atom. The van der Waals surface area contributed by atoms with Crippen LogP contribution in [0.5, 0.6) is 0 Å². The molecule has 1 aliphatic heterocycles. The Hall–Kier alpha value is -1.86. The van der Waals surface area contributed by atoms with Gasteiger partial charge in [-0.2, -0.15) is 0 Å². The van der Waals surface area contributed by atoms with Gasteiger partial charge in [0.2, 0.25) is 0 Å². The highest BCUT2D eigenvalue weighted by Crippen LogP contribution is 2.35. The normalized spacial score (nSPS) is 20.5. The smallest absolute Gasteiger partial charge is 0.0240 e. The van der Waals surface area contributed by atoms with E-state index in [1.807, 2.05) is 0 Å². The largest absolute Gasteiger partial charge is 0.295 e. The Morgan fingerprint density at radius 3 is 2.73 bits per heavy atom. The second-order valence-corrected chi connectivity index (χ2v) is 6.71. The molecule has 0 fully saturated rings. The number of hydrogen-bond acceptors (Lipinski definition) is 1. The van der Waals surface area contributed by atoms with Gasteiger partial charge < -0.3 is 0 Å². The predicted molar refractivity (Wildman–Crippen MR) is 91.9 cm³/mol.